The Morgan fingerprint density at radius 2 is 1.68 bits per heavy atom. The van der Waals surface area contributed by atoms with Gasteiger partial charge in [0.15, 0.2) is 21.3 Å². The molecule has 0 unspecified atom stereocenters. The number of ether oxygens (including phenoxy) is 1. The number of primary amides is 1. The maximum Gasteiger partial charge on any atom is 0.248 e. The molecular weight excluding hydrogens is 376 g/mol. The first-order valence-electron chi connectivity index (χ1n) is 8.44. The maximum atomic E-state index is 12.3. The van der Waals surface area contributed by atoms with Gasteiger partial charge in [-0.05, 0) is 36.4 Å². The van der Waals surface area contributed by atoms with E-state index in [0.29, 0.717) is 33.8 Å². The van der Waals surface area contributed by atoms with E-state index < -0.39 is 15.7 Å². The molecule has 0 aliphatic carbocycles. The number of carbonyl (C=O) groups is 1. The average molecular weight is 392 g/mol. The first-order valence-corrected chi connectivity index (χ1v) is 10.3. The smallest absolute Gasteiger partial charge is 0.248 e. The quantitative estimate of drug-likeness (QED) is 0.577. The summed E-state index contributed by atoms with van der Waals surface area (Å²) in [6.07, 6.45) is 1.14. The van der Waals surface area contributed by atoms with E-state index in [1.165, 1.54) is 6.07 Å². The molecule has 1 amide bonds. The Morgan fingerprint density at radius 3 is 2.36 bits per heavy atom. The van der Waals surface area contributed by atoms with Crippen molar-refractivity contribution >= 4 is 27.1 Å². The molecule has 0 bridgehead atoms. The topological polar surface area (TPSA) is 98.8 Å². The third-order valence-corrected chi connectivity index (χ3v) is 5.51. The average Bonchev–Trinajstić information content (AvgIpc) is 2.83. The maximum absolute atomic E-state index is 12.3. The van der Waals surface area contributed by atoms with E-state index in [4.69, 9.17) is 15.5 Å². The molecule has 0 spiro atoms. The van der Waals surface area contributed by atoms with Crippen molar-refractivity contribution in [3.8, 4) is 11.5 Å². The van der Waals surface area contributed by atoms with Crippen LogP contribution in [0.25, 0.3) is 0 Å². The number of para-hydroxylation sites is 3. The van der Waals surface area contributed by atoms with Crippen LogP contribution in [0.4, 0.5) is 5.69 Å². The van der Waals surface area contributed by atoms with Gasteiger partial charge in [-0.25, -0.2) is 13.4 Å². The molecule has 0 aromatic heterocycles. The van der Waals surface area contributed by atoms with Crippen LogP contribution in [-0.2, 0) is 9.84 Å². The Bertz CT molecular complexity index is 1230. The third-order valence-electron chi connectivity index (χ3n) is 4.39. The van der Waals surface area contributed by atoms with Crippen molar-refractivity contribution in [3.05, 3.63) is 83.4 Å². The van der Waals surface area contributed by atoms with Gasteiger partial charge in [0.2, 0.25) is 5.91 Å². The van der Waals surface area contributed by atoms with Gasteiger partial charge in [0.1, 0.15) is 10.6 Å². The summed E-state index contributed by atoms with van der Waals surface area (Å²) < 4.78 is 30.6. The van der Waals surface area contributed by atoms with Gasteiger partial charge >= 0.3 is 0 Å². The largest absolute Gasteiger partial charge is 0.453 e. The van der Waals surface area contributed by atoms with Crippen LogP contribution in [-0.4, -0.2) is 26.3 Å². The number of hydrogen-bond donors (Lipinski definition) is 1. The van der Waals surface area contributed by atoms with Gasteiger partial charge < -0.3 is 10.5 Å². The number of fused-ring (bicyclic) bond motifs is 2. The van der Waals surface area contributed by atoms with E-state index >= 15 is 0 Å². The van der Waals surface area contributed by atoms with E-state index in [9.17, 15) is 13.2 Å². The van der Waals surface area contributed by atoms with Crippen molar-refractivity contribution in [1.82, 2.24) is 0 Å². The van der Waals surface area contributed by atoms with Crippen LogP contribution >= 0.6 is 0 Å². The van der Waals surface area contributed by atoms with E-state index in [-0.39, 0.29) is 10.6 Å². The number of carbonyl (C=O) groups excluding carboxylic acids is 1. The number of nitrogens with zero attached hydrogens (tertiary/aromatic N) is 1. The van der Waals surface area contributed by atoms with Crippen LogP contribution in [0.15, 0.2) is 76.6 Å². The molecule has 0 atom stereocenters. The Labute approximate surface area is 162 Å². The van der Waals surface area contributed by atoms with Gasteiger partial charge in [-0.1, -0.05) is 30.3 Å². The summed E-state index contributed by atoms with van der Waals surface area (Å²) in [4.78, 5) is 16.2. The Morgan fingerprint density at radius 1 is 0.964 bits per heavy atom. The van der Waals surface area contributed by atoms with E-state index in [2.05, 4.69) is 0 Å². The second-order valence-corrected chi connectivity index (χ2v) is 8.36. The molecule has 6 nitrogen and oxygen atoms in total. The summed E-state index contributed by atoms with van der Waals surface area (Å²) in [5.74, 6) is 0.166. The van der Waals surface area contributed by atoms with Gasteiger partial charge in [-0.2, -0.15) is 0 Å². The minimum atomic E-state index is -3.53. The summed E-state index contributed by atoms with van der Waals surface area (Å²) >= 11 is 0. The lowest BCUT2D eigenvalue weighted by Crippen LogP contribution is -2.12. The molecule has 0 saturated carbocycles. The molecule has 7 heteroatoms. The molecule has 4 rings (SSSR count). The second-order valence-electron chi connectivity index (χ2n) is 6.38. The van der Waals surface area contributed by atoms with Crippen molar-refractivity contribution < 1.29 is 17.9 Å². The SMILES string of the molecule is CS(=O)(=O)c1cccc2c1Oc1ccccc1N=C2c1ccc(C(N)=O)cc1. The fourth-order valence-corrected chi connectivity index (χ4v) is 3.85. The van der Waals surface area contributed by atoms with Crippen molar-refractivity contribution in [3.63, 3.8) is 0 Å². The number of benzene rings is 3. The molecule has 0 radical (unpaired) electrons. The molecule has 3 aromatic rings. The van der Waals surface area contributed by atoms with Crippen molar-refractivity contribution in [2.75, 3.05) is 6.26 Å². The zero-order chi connectivity index (χ0) is 19.9. The summed E-state index contributed by atoms with van der Waals surface area (Å²) in [5, 5.41) is 0. The summed E-state index contributed by atoms with van der Waals surface area (Å²) in [7, 11) is -3.53. The lowest BCUT2D eigenvalue weighted by Gasteiger charge is -2.13. The summed E-state index contributed by atoms with van der Waals surface area (Å²) in [5.41, 5.74) is 8.07. The van der Waals surface area contributed by atoms with E-state index in [1.54, 1.807) is 54.6 Å². The van der Waals surface area contributed by atoms with Gasteiger partial charge in [-0.15, -0.1) is 0 Å². The molecule has 0 fully saturated rings. The lowest BCUT2D eigenvalue weighted by atomic mass is 10.00. The molecule has 140 valence electrons. The number of amides is 1. The van der Waals surface area contributed by atoms with Crippen molar-refractivity contribution in [2.45, 2.75) is 4.90 Å². The first-order chi connectivity index (χ1) is 13.3. The summed E-state index contributed by atoms with van der Waals surface area (Å²) in [6.45, 7) is 0. The minimum absolute atomic E-state index is 0.0863. The van der Waals surface area contributed by atoms with E-state index in [0.717, 1.165) is 6.26 Å². The fourth-order valence-electron chi connectivity index (χ4n) is 3.04. The number of hydrogen-bond acceptors (Lipinski definition) is 5. The van der Waals surface area contributed by atoms with Crippen LogP contribution in [0, 0.1) is 0 Å². The third kappa shape index (κ3) is 3.16. The number of sulfone groups is 1. The lowest BCUT2D eigenvalue weighted by molar-refractivity contribution is 0.100. The monoisotopic (exact) mass is 392 g/mol. The predicted octanol–water partition coefficient (Wildman–Crippen LogP) is 3.46. The molecule has 28 heavy (non-hydrogen) atoms. The zero-order valence-corrected chi connectivity index (χ0v) is 15.7. The van der Waals surface area contributed by atoms with Gasteiger partial charge in [0.05, 0.1) is 5.71 Å². The first kappa shape index (κ1) is 17.9. The molecule has 1 heterocycles. The highest BCUT2D eigenvalue weighted by Gasteiger charge is 2.25. The second kappa shape index (κ2) is 6.61. The molecule has 1 aliphatic heterocycles. The molecule has 2 N–H and O–H groups in total. The van der Waals surface area contributed by atoms with Crippen LogP contribution in [0.2, 0.25) is 0 Å². The van der Waals surface area contributed by atoms with Gasteiger partial charge in [0, 0.05) is 22.9 Å². The van der Waals surface area contributed by atoms with Crippen molar-refractivity contribution in [1.29, 1.82) is 0 Å². The molecule has 1 aliphatic rings. The van der Waals surface area contributed by atoms with Crippen LogP contribution in [0.1, 0.15) is 21.5 Å². The highest BCUT2D eigenvalue weighted by Crippen LogP contribution is 2.41. The molecular formula is C21H16N2O4S. The number of nitrogens with two attached hydrogens (primary N) is 1. The van der Waals surface area contributed by atoms with Gasteiger partial charge in [0.25, 0.3) is 0 Å². The highest BCUT2D eigenvalue weighted by atomic mass is 32.2. The van der Waals surface area contributed by atoms with Gasteiger partial charge in [-0.3, -0.25) is 4.79 Å². The van der Waals surface area contributed by atoms with Crippen LogP contribution in [0.3, 0.4) is 0 Å². The highest BCUT2D eigenvalue weighted by molar-refractivity contribution is 7.90. The Hall–Kier alpha value is -3.45. The predicted molar refractivity (Wildman–Crippen MR) is 106 cm³/mol. The number of aliphatic imine (C=N–C) groups is 1. The van der Waals surface area contributed by atoms with Crippen LogP contribution in [0.5, 0.6) is 11.5 Å². The number of rotatable bonds is 3. The summed E-state index contributed by atoms with van der Waals surface area (Å²) in [6, 6.07) is 18.7. The fraction of sp³-hybridized carbons (Fsp3) is 0.0476. The molecule has 0 saturated heterocycles. The standard InChI is InChI=1S/C21H16N2O4S/c1-28(25,26)18-8-4-5-15-19(13-9-11-14(12-10-13)21(22)24)23-16-6-2-3-7-17(16)27-20(15)18/h2-12H,1H3,(H2,22,24). The Balaban J connectivity index is 2.00. The minimum Gasteiger partial charge on any atom is -0.453 e. The van der Waals surface area contributed by atoms with E-state index in [1.807, 2.05) is 6.07 Å². The van der Waals surface area contributed by atoms with Crippen LogP contribution < -0.4 is 10.5 Å². The Kier molecular flexibility index (Phi) is 4.24. The molecule has 3 aromatic carbocycles. The zero-order valence-electron chi connectivity index (χ0n) is 14.9. The normalized spacial score (nSPS) is 12.8. The van der Waals surface area contributed by atoms with Crippen molar-refractivity contribution in [2.24, 2.45) is 10.7 Å².